The fraction of sp³-hybridized carbons (Fsp3) is 0.294. The molecule has 8 heteroatoms. The standard InChI is InChI=1S/C17H17Cl2N3O3/c18-12-1-3-14(15(19)9-12)16-4-2-13(25-16)10-20-21-17(23)11-22-5-7-24-8-6-22/h1-4,9-10H,5-8,11H2,(H,21,23). The molecule has 132 valence electrons. The number of rotatable bonds is 5. The summed E-state index contributed by atoms with van der Waals surface area (Å²) in [5.41, 5.74) is 3.23. The lowest BCUT2D eigenvalue weighted by Gasteiger charge is -2.25. The van der Waals surface area contributed by atoms with Crippen LogP contribution in [0.25, 0.3) is 11.3 Å². The van der Waals surface area contributed by atoms with Crippen LogP contribution >= 0.6 is 23.2 Å². The summed E-state index contributed by atoms with van der Waals surface area (Å²) in [4.78, 5) is 13.9. The third-order valence-electron chi connectivity index (χ3n) is 3.68. The number of carbonyl (C=O) groups is 1. The Bertz CT molecular complexity index is 770. The van der Waals surface area contributed by atoms with Gasteiger partial charge in [-0.25, -0.2) is 5.43 Å². The van der Waals surface area contributed by atoms with Crippen molar-refractivity contribution in [2.24, 2.45) is 5.10 Å². The van der Waals surface area contributed by atoms with Crippen LogP contribution < -0.4 is 5.43 Å². The second-order valence-corrected chi connectivity index (χ2v) is 6.35. The summed E-state index contributed by atoms with van der Waals surface area (Å²) >= 11 is 12.1. The minimum Gasteiger partial charge on any atom is -0.455 e. The maximum atomic E-state index is 11.8. The average molecular weight is 382 g/mol. The van der Waals surface area contributed by atoms with Crippen LogP contribution in [0.15, 0.2) is 39.9 Å². The van der Waals surface area contributed by atoms with Gasteiger partial charge >= 0.3 is 0 Å². The third-order valence-corrected chi connectivity index (χ3v) is 4.22. The maximum Gasteiger partial charge on any atom is 0.254 e. The molecule has 1 saturated heterocycles. The highest BCUT2D eigenvalue weighted by atomic mass is 35.5. The van der Waals surface area contributed by atoms with Crippen LogP contribution in [0.2, 0.25) is 10.0 Å². The van der Waals surface area contributed by atoms with E-state index < -0.39 is 0 Å². The Morgan fingerprint density at radius 2 is 2.04 bits per heavy atom. The van der Waals surface area contributed by atoms with E-state index in [4.69, 9.17) is 32.4 Å². The van der Waals surface area contributed by atoms with E-state index in [1.54, 1.807) is 30.3 Å². The topological polar surface area (TPSA) is 67.1 Å². The maximum absolute atomic E-state index is 11.8. The molecule has 0 spiro atoms. The minimum absolute atomic E-state index is 0.175. The van der Waals surface area contributed by atoms with Crippen molar-refractivity contribution in [1.29, 1.82) is 0 Å². The fourth-order valence-corrected chi connectivity index (χ4v) is 2.92. The highest BCUT2D eigenvalue weighted by Crippen LogP contribution is 2.31. The molecule has 0 radical (unpaired) electrons. The Hall–Kier alpha value is -1.86. The molecule has 0 saturated carbocycles. The molecule has 6 nitrogen and oxygen atoms in total. The van der Waals surface area contributed by atoms with Gasteiger partial charge in [-0.1, -0.05) is 23.2 Å². The van der Waals surface area contributed by atoms with Crippen molar-refractivity contribution < 1.29 is 13.9 Å². The molecule has 1 N–H and O–H groups in total. The minimum atomic E-state index is -0.175. The van der Waals surface area contributed by atoms with E-state index in [1.165, 1.54) is 6.21 Å². The Morgan fingerprint density at radius 3 is 2.80 bits per heavy atom. The zero-order chi connectivity index (χ0) is 17.6. The molecule has 1 fully saturated rings. The summed E-state index contributed by atoms with van der Waals surface area (Å²) in [7, 11) is 0. The van der Waals surface area contributed by atoms with Crippen molar-refractivity contribution in [3.05, 3.63) is 46.1 Å². The van der Waals surface area contributed by atoms with E-state index in [-0.39, 0.29) is 5.91 Å². The molecular weight excluding hydrogens is 365 g/mol. The third kappa shape index (κ3) is 5.06. The quantitative estimate of drug-likeness (QED) is 0.638. The molecule has 0 bridgehead atoms. The van der Waals surface area contributed by atoms with Crippen molar-refractivity contribution in [3.63, 3.8) is 0 Å². The van der Waals surface area contributed by atoms with Gasteiger partial charge in [0, 0.05) is 23.7 Å². The van der Waals surface area contributed by atoms with Crippen LogP contribution in [0.5, 0.6) is 0 Å². The Labute approximate surface area is 155 Å². The number of furan rings is 1. The molecule has 25 heavy (non-hydrogen) atoms. The van der Waals surface area contributed by atoms with E-state index >= 15 is 0 Å². The largest absolute Gasteiger partial charge is 0.455 e. The molecule has 1 aromatic carbocycles. The highest BCUT2D eigenvalue weighted by Gasteiger charge is 2.13. The van der Waals surface area contributed by atoms with E-state index in [0.717, 1.165) is 18.7 Å². The zero-order valence-electron chi connectivity index (χ0n) is 13.4. The number of nitrogens with one attached hydrogen (secondary N) is 1. The van der Waals surface area contributed by atoms with E-state index in [0.29, 0.717) is 41.3 Å². The van der Waals surface area contributed by atoms with Crippen molar-refractivity contribution in [1.82, 2.24) is 10.3 Å². The lowest BCUT2D eigenvalue weighted by Crippen LogP contribution is -2.42. The first-order valence-corrected chi connectivity index (χ1v) is 8.55. The number of hydrogen-bond acceptors (Lipinski definition) is 5. The molecular formula is C17H17Cl2N3O3. The number of carbonyl (C=O) groups excluding carboxylic acids is 1. The molecule has 2 heterocycles. The van der Waals surface area contributed by atoms with Gasteiger partial charge in [-0.05, 0) is 30.3 Å². The van der Waals surface area contributed by atoms with Gasteiger partial charge in [-0.15, -0.1) is 0 Å². The molecule has 0 atom stereocenters. The van der Waals surface area contributed by atoms with Crippen molar-refractivity contribution in [3.8, 4) is 11.3 Å². The molecule has 1 aliphatic heterocycles. The smallest absolute Gasteiger partial charge is 0.254 e. The normalized spacial score (nSPS) is 15.6. The lowest BCUT2D eigenvalue weighted by molar-refractivity contribution is -0.123. The van der Waals surface area contributed by atoms with Crippen LogP contribution in [0.4, 0.5) is 0 Å². The number of benzene rings is 1. The van der Waals surface area contributed by atoms with Crippen LogP contribution in [0.3, 0.4) is 0 Å². The molecule has 1 amide bonds. The Morgan fingerprint density at radius 1 is 1.24 bits per heavy atom. The van der Waals surface area contributed by atoms with Crippen LogP contribution in [-0.2, 0) is 9.53 Å². The highest BCUT2D eigenvalue weighted by molar-refractivity contribution is 6.36. The molecule has 1 aliphatic rings. The average Bonchev–Trinajstić information content (AvgIpc) is 3.04. The number of morpholine rings is 1. The van der Waals surface area contributed by atoms with Crippen molar-refractivity contribution in [2.45, 2.75) is 0 Å². The van der Waals surface area contributed by atoms with E-state index in [9.17, 15) is 4.79 Å². The van der Waals surface area contributed by atoms with Gasteiger partial charge in [-0.3, -0.25) is 9.69 Å². The summed E-state index contributed by atoms with van der Waals surface area (Å²) in [6.07, 6.45) is 1.45. The second kappa shape index (κ2) is 8.49. The summed E-state index contributed by atoms with van der Waals surface area (Å²) in [6.45, 7) is 3.10. The number of halogens is 2. The summed E-state index contributed by atoms with van der Waals surface area (Å²) < 4.78 is 10.9. The second-order valence-electron chi connectivity index (χ2n) is 5.51. The first-order valence-electron chi connectivity index (χ1n) is 7.79. The molecule has 0 unspecified atom stereocenters. The van der Waals surface area contributed by atoms with E-state index in [1.807, 2.05) is 4.90 Å². The van der Waals surface area contributed by atoms with E-state index in [2.05, 4.69) is 10.5 Å². The predicted molar refractivity (Wildman–Crippen MR) is 97.2 cm³/mol. The van der Waals surface area contributed by atoms with Crippen molar-refractivity contribution >= 4 is 35.3 Å². The first-order chi connectivity index (χ1) is 12.1. The van der Waals surface area contributed by atoms with Gasteiger partial charge in [0.2, 0.25) is 0 Å². The number of amides is 1. The van der Waals surface area contributed by atoms with Gasteiger partial charge in [0.15, 0.2) is 0 Å². The van der Waals surface area contributed by atoms with Gasteiger partial charge < -0.3 is 9.15 Å². The summed E-state index contributed by atoms with van der Waals surface area (Å²) in [5, 5.41) is 4.98. The Kier molecular flexibility index (Phi) is 6.09. The monoisotopic (exact) mass is 381 g/mol. The van der Waals surface area contributed by atoms with Gasteiger partial charge in [0.25, 0.3) is 5.91 Å². The number of hydrazone groups is 1. The molecule has 0 aliphatic carbocycles. The van der Waals surface area contributed by atoms with Gasteiger partial charge in [-0.2, -0.15) is 5.10 Å². The number of nitrogens with zero attached hydrogens (tertiary/aromatic N) is 2. The molecule has 3 rings (SSSR count). The molecule has 2 aromatic rings. The Balaban J connectivity index is 1.55. The molecule has 1 aromatic heterocycles. The fourth-order valence-electron chi connectivity index (χ4n) is 2.42. The van der Waals surface area contributed by atoms with Gasteiger partial charge in [0.05, 0.1) is 31.0 Å². The van der Waals surface area contributed by atoms with Crippen molar-refractivity contribution in [2.75, 3.05) is 32.8 Å². The lowest BCUT2D eigenvalue weighted by atomic mass is 10.2. The van der Waals surface area contributed by atoms with Crippen LogP contribution in [0, 0.1) is 0 Å². The first kappa shape index (κ1) is 17.9. The SMILES string of the molecule is O=C(CN1CCOCC1)NN=Cc1ccc(-c2ccc(Cl)cc2Cl)o1. The van der Waals surface area contributed by atoms with Gasteiger partial charge in [0.1, 0.15) is 11.5 Å². The number of hydrogen-bond donors (Lipinski definition) is 1. The zero-order valence-corrected chi connectivity index (χ0v) is 14.9. The van der Waals surface area contributed by atoms with Crippen LogP contribution in [-0.4, -0.2) is 49.9 Å². The summed E-state index contributed by atoms with van der Waals surface area (Å²) in [5.74, 6) is 0.932. The predicted octanol–water partition coefficient (Wildman–Crippen LogP) is 3.04. The summed E-state index contributed by atoms with van der Waals surface area (Å²) in [6, 6.07) is 8.71. The number of ether oxygens (including phenoxy) is 1. The van der Waals surface area contributed by atoms with Crippen LogP contribution in [0.1, 0.15) is 5.76 Å².